The number of rotatable bonds is 7. The van der Waals surface area contributed by atoms with Gasteiger partial charge < -0.3 is 15.0 Å². The first-order valence-corrected chi connectivity index (χ1v) is 10.2. The highest BCUT2D eigenvalue weighted by Gasteiger charge is 2.11. The van der Waals surface area contributed by atoms with Crippen molar-refractivity contribution in [1.29, 1.82) is 5.26 Å². The molecule has 6 nitrogen and oxygen atoms in total. The summed E-state index contributed by atoms with van der Waals surface area (Å²) in [5.41, 5.74) is 2.98. The number of amides is 1. The number of nitriles is 1. The van der Waals surface area contributed by atoms with Gasteiger partial charge in [-0.25, -0.2) is 4.98 Å². The highest BCUT2D eigenvalue weighted by atomic mass is 32.2. The molecule has 1 aromatic heterocycles. The maximum atomic E-state index is 12.3. The standard InChI is InChI=1S/C22H22N4O2S/c1-4-28-19-10-5-15-11-16(13-23)22(25-20(15)12-19)29-14-21(27)24-17-6-8-18(9-7-17)26(2)3/h5-12H,4,14H2,1-3H3,(H,24,27). The van der Waals surface area contributed by atoms with E-state index in [0.717, 1.165) is 28.0 Å². The van der Waals surface area contributed by atoms with E-state index in [-0.39, 0.29) is 11.7 Å². The monoisotopic (exact) mass is 406 g/mol. The average Bonchev–Trinajstić information content (AvgIpc) is 2.72. The lowest BCUT2D eigenvalue weighted by Gasteiger charge is -2.13. The number of hydrogen-bond donors (Lipinski definition) is 1. The predicted molar refractivity (Wildman–Crippen MR) is 118 cm³/mol. The van der Waals surface area contributed by atoms with Crippen molar-refractivity contribution < 1.29 is 9.53 Å². The molecule has 0 aliphatic rings. The zero-order valence-electron chi connectivity index (χ0n) is 16.6. The van der Waals surface area contributed by atoms with E-state index in [1.165, 1.54) is 11.8 Å². The third-order valence-corrected chi connectivity index (χ3v) is 5.18. The van der Waals surface area contributed by atoms with E-state index < -0.39 is 0 Å². The highest BCUT2D eigenvalue weighted by molar-refractivity contribution is 8.00. The Morgan fingerprint density at radius 3 is 2.62 bits per heavy atom. The molecule has 0 radical (unpaired) electrons. The largest absolute Gasteiger partial charge is 0.494 e. The van der Waals surface area contributed by atoms with Gasteiger partial charge in [0.15, 0.2) is 0 Å². The van der Waals surface area contributed by atoms with Gasteiger partial charge in [0, 0.05) is 36.9 Å². The van der Waals surface area contributed by atoms with E-state index in [4.69, 9.17) is 4.74 Å². The smallest absolute Gasteiger partial charge is 0.234 e. The molecule has 2 aromatic carbocycles. The van der Waals surface area contributed by atoms with Crippen LogP contribution in [0.5, 0.6) is 5.75 Å². The van der Waals surface area contributed by atoms with Crippen molar-refractivity contribution in [2.45, 2.75) is 11.9 Å². The Kier molecular flexibility index (Phi) is 6.57. The molecule has 0 saturated heterocycles. The number of ether oxygens (including phenoxy) is 1. The first kappa shape index (κ1) is 20.5. The second-order valence-electron chi connectivity index (χ2n) is 6.52. The molecule has 3 rings (SSSR count). The second-order valence-corrected chi connectivity index (χ2v) is 7.48. The maximum absolute atomic E-state index is 12.3. The molecule has 3 aromatic rings. The number of fused-ring (bicyclic) bond motifs is 1. The van der Waals surface area contributed by atoms with E-state index >= 15 is 0 Å². The number of nitrogens with one attached hydrogen (secondary N) is 1. The summed E-state index contributed by atoms with van der Waals surface area (Å²) in [6.07, 6.45) is 0. The summed E-state index contributed by atoms with van der Waals surface area (Å²) in [6.45, 7) is 2.49. The molecule has 29 heavy (non-hydrogen) atoms. The molecule has 0 bridgehead atoms. The lowest BCUT2D eigenvalue weighted by atomic mass is 10.1. The highest BCUT2D eigenvalue weighted by Crippen LogP contribution is 2.27. The van der Waals surface area contributed by atoms with Crippen molar-refractivity contribution in [2.75, 3.05) is 36.7 Å². The predicted octanol–water partition coefficient (Wildman–Crippen LogP) is 4.30. The molecule has 1 amide bonds. The van der Waals surface area contributed by atoms with E-state index in [1.807, 2.05) is 68.4 Å². The van der Waals surface area contributed by atoms with Crippen LogP contribution in [0.2, 0.25) is 0 Å². The molecular formula is C22H22N4O2S. The van der Waals surface area contributed by atoms with Crippen molar-refractivity contribution in [3.8, 4) is 11.8 Å². The van der Waals surface area contributed by atoms with Crippen LogP contribution < -0.4 is 15.0 Å². The van der Waals surface area contributed by atoms with Crippen LogP contribution in [0.3, 0.4) is 0 Å². The lowest BCUT2D eigenvalue weighted by Crippen LogP contribution is -2.14. The van der Waals surface area contributed by atoms with Crippen LogP contribution in [0.15, 0.2) is 53.6 Å². The number of aromatic nitrogens is 1. The SMILES string of the molecule is CCOc1ccc2cc(C#N)c(SCC(=O)Nc3ccc(N(C)C)cc3)nc2c1. The van der Waals surface area contributed by atoms with Gasteiger partial charge in [0.2, 0.25) is 5.91 Å². The van der Waals surface area contributed by atoms with Crippen molar-refractivity contribution in [1.82, 2.24) is 4.98 Å². The normalized spacial score (nSPS) is 10.4. The van der Waals surface area contributed by atoms with Crippen molar-refractivity contribution in [2.24, 2.45) is 0 Å². The van der Waals surface area contributed by atoms with Gasteiger partial charge in [-0.2, -0.15) is 5.26 Å². The van der Waals surface area contributed by atoms with Crippen LogP contribution in [-0.4, -0.2) is 37.3 Å². The number of hydrogen-bond acceptors (Lipinski definition) is 6. The topological polar surface area (TPSA) is 78.2 Å². The summed E-state index contributed by atoms with van der Waals surface area (Å²) in [6, 6.07) is 17.1. The molecule has 0 fully saturated rings. The van der Waals surface area contributed by atoms with Crippen LogP contribution in [0.25, 0.3) is 10.9 Å². The van der Waals surface area contributed by atoms with Crippen LogP contribution in [-0.2, 0) is 4.79 Å². The molecular weight excluding hydrogens is 384 g/mol. The Morgan fingerprint density at radius 2 is 1.97 bits per heavy atom. The number of anilines is 2. The van der Waals surface area contributed by atoms with Crippen molar-refractivity contribution in [3.63, 3.8) is 0 Å². The summed E-state index contributed by atoms with van der Waals surface area (Å²) in [4.78, 5) is 18.9. The Bertz CT molecular complexity index is 1060. The fourth-order valence-corrected chi connectivity index (χ4v) is 3.51. The zero-order valence-corrected chi connectivity index (χ0v) is 17.4. The molecule has 1 heterocycles. The minimum atomic E-state index is -0.151. The third kappa shape index (κ3) is 5.18. The van der Waals surface area contributed by atoms with Gasteiger partial charge in [0.25, 0.3) is 0 Å². The maximum Gasteiger partial charge on any atom is 0.234 e. The number of benzene rings is 2. The summed E-state index contributed by atoms with van der Waals surface area (Å²) in [5.74, 6) is 0.738. The molecule has 0 aliphatic carbocycles. The molecule has 0 unspecified atom stereocenters. The molecule has 7 heteroatoms. The number of pyridine rings is 1. The Morgan fingerprint density at radius 1 is 1.21 bits per heavy atom. The van der Waals surface area contributed by atoms with Crippen molar-refractivity contribution in [3.05, 3.63) is 54.1 Å². The van der Waals surface area contributed by atoms with E-state index in [0.29, 0.717) is 17.2 Å². The average molecular weight is 407 g/mol. The van der Waals surface area contributed by atoms with Gasteiger partial charge in [-0.1, -0.05) is 11.8 Å². The van der Waals surface area contributed by atoms with Crippen LogP contribution in [0, 0.1) is 11.3 Å². The summed E-state index contributed by atoms with van der Waals surface area (Å²) < 4.78 is 5.52. The Balaban J connectivity index is 1.71. The minimum Gasteiger partial charge on any atom is -0.494 e. The van der Waals surface area contributed by atoms with Gasteiger partial charge >= 0.3 is 0 Å². The molecule has 0 saturated carbocycles. The molecule has 0 aliphatic heterocycles. The first-order valence-electron chi connectivity index (χ1n) is 9.18. The van der Waals surface area contributed by atoms with Gasteiger partial charge in [0.05, 0.1) is 23.4 Å². The van der Waals surface area contributed by atoms with Gasteiger partial charge in [-0.3, -0.25) is 4.79 Å². The zero-order chi connectivity index (χ0) is 20.8. The van der Waals surface area contributed by atoms with E-state index in [2.05, 4.69) is 16.4 Å². The van der Waals surface area contributed by atoms with Crippen LogP contribution >= 0.6 is 11.8 Å². The van der Waals surface area contributed by atoms with Gasteiger partial charge in [-0.05, 0) is 49.4 Å². The Labute approximate surface area is 174 Å². The van der Waals surface area contributed by atoms with E-state index in [1.54, 1.807) is 6.07 Å². The molecule has 0 atom stereocenters. The third-order valence-electron chi connectivity index (χ3n) is 4.19. The molecule has 0 spiro atoms. The van der Waals surface area contributed by atoms with Gasteiger partial charge in [0.1, 0.15) is 16.8 Å². The summed E-state index contributed by atoms with van der Waals surface area (Å²) in [5, 5.41) is 13.7. The number of thioether (sulfide) groups is 1. The number of nitrogens with zero attached hydrogens (tertiary/aromatic N) is 3. The minimum absolute atomic E-state index is 0.151. The fraction of sp³-hybridized carbons (Fsp3) is 0.227. The fourth-order valence-electron chi connectivity index (χ4n) is 2.75. The summed E-state index contributed by atoms with van der Waals surface area (Å²) in [7, 11) is 3.93. The van der Waals surface area contributed by atoms with Crippen LogP contribution in [0.4, 0.5) is 11.4 Å². The quantitative estimate of drug-likeness (QED) is 0.590. The van der Waals surface area contributed by atoms with Crippen LogP contribution in [0.1, 0.15) is 12.5 Å². The summed E-state index contributed by atoms with van der Waals surface area (Å²) >= 11 is 1.25. The first-order chi connectivity index (χ1) is 14.0. The van der Waals surface area contributed by atoms with E-state index in [9.17, 15) is 10.1 Å². The van der Waals surface area contributed by atoms with Crippen molar-refractivity contribution >= 4 is 39.9 Å². The van der Waals surface area contributed by atoms with Gasteiger partial charge in [-0.15, -0.1) is 0 Å². The lowest BCUT2D eigenvalue weighted by molar-refractivity contribution is -0.113. The second kappa shape index (κ2) is 9.30. The molecule has 148 valence electrons. The molecule has 1 N–H and O–H groups in total. The number of carbonyl (C=O) groups excluding carboxylic acids is 1. The Hall–Kier alpha value is -3.24. The number of carbonyl (C=O) groups is 1.